The lowest BCUT2D eigenvalue weighted by Crippen LogP contribution is -2.55. The van der Waals surface area contributed by atoms with Crippen LogP contribution < -0.4 is 10.6 Å². The van der Waals surface area contributed by atoms with E-state index in [0.29, 0.717) is 13.1 Å². The highest BCUT2D eigenvalue weighted by molar-refractivity contribution is 5.88. The SMILES string of the molecule is CC1(C(=O)N2CCNC(=O)C2)CCNCC1. The molecule has 0 unspecified atom stereocenters. The third-order valence-electron chi connectivity index (χ3n) is 3.55. The maximum Gasteiger partial charge on any atom is 0.239 e. The zero-order valence-electron chi connectivity index (χ0n) is 9.71. The summed E-state index contributed by atoms with van der Waals surface area (Å²) in [5, 5.41) is 5.99. The normalized spacial score (nSPS) is 25.1. The minimum absolute atomic E-state index is 0.0443. The van der Waals surface area contributed by atoms with Crippen molar-refractivity contribution in [3.05, 3.63) is 0 Å². The van der Waals surface area contributed by atoms with E-state index < -0.39 is 0 Å². The molecule has 0 aromatic carbocycles. The molecule has 2 heterocycles. The smallest absolute Gasteiger partial charge is 0.239 e. The fourth-order valence-corrected chi connectivity index (χ4v) is 2.39. The highest BCUT2D eigenvalue weighted by Gasteiger charge is 2.38. The molecule has 2 aliphatic rings. The van der Waals surface area contributed by atoms with Crippen LogP contribution >= 0.6 is 0 Å². The van der Waals surface area contributed by atoms with E-state index in [9.17, 15) is 9.59 Å². The lowest BCUT2D eigenvalue weighted by molar-refractivity contribution is -0.147. The zero-order valence-corrected chi connectivity index (χ0v) is 9.71. The van der Waals surface area contributed by atoms with Crippen LogP contribution in [0, 0.1) is 5.41 Å². The molecule has 0 bridgehead atoms. The van der Waals surface area contributed by atoms with E-state index in [1.165, 1.54) is 0 Å². The van der Waals surface area contributed by atoms with E-state index in [0.717, 1.165) is 25.9 Å². The van der Waals surface area contributed by atoms with Crippen LogP contribution in [0.3, 0.4) is 0 Å². The van der Waals surface area contributed by atoms with Gasteiger partial charge in [-0.05, 0) is 25.9 Å². The first-order valence-corrected chi connectivity index (χ1v) is 5.89. The van der Waals surface area contributed by atoms with Crippen molar-refractivity contribution in [1.82, 2.24) is 15.5 Å². The van der Waals surface area contributed by atoms with Crippen LogP contribution in [-0.2, 0) is 9.59 Å². The molecule has 2 saturated heterocycles. The van der Waals surface area contributed by atoms with E-state index in [2.05, 4.69) is 10.6 Å². The van der Waals surface area contributed by atoms with E-state index in [1.54, 1.807) is 4.90 Å². The number of piperidine rings is 1. The van der Waals surface area contributed by atoms with Crippen LogP contribution in [0.25, 0.3) is 0 Å². The van der Waals surface area contributed by atoms with Crippen molar-refractivity contribution in [2.75, 3.05) is 32.7 Å². The fraction of sp³-hybridized carbons (Fsp3) is 0.818. The first-order valence-electron chi connectivity index (χ1n) is 5.89. The summed E-state index contributed by atoms with van der Waals surface area (Å²) in [5.74, 6) is 0.0981. The van der Waals surface area contributed by atoms with Gasteiger partial charge in [-0.1, -0.05) is 6.92 Å². The molecule has 0 spiro atoms. The molecular formula is C11H19N3O2. The molecule has 90 valence electrons. The summed E-state index contributed by atoms with van der Waals surface area (Å²) in [6, 6.07) is 0. The van der Waals surface area contributed by atoms with Crippen LogP contribution in [0.2, 0.25) is 0 Å². The van der Waals surface area contributed by atoms with Crippen molar-refractivity contribution < 1.29 is 9.59 Å². The zero-order chi connectivity index (χ0) is 11.6. The van der Waals surface area contributed by atoms with Crippen molar-refractivity contribution in [2.24, 2.45) is 5.41 Å². The summed E-state index contributed by atoms with van der Waals surface area (Å²) in [7, 11) is 0. The van der Waals surface area contributed by atoms with Gasteiger partial charge in [-0.3, -0.25) is 9.59 Å². The number of rotatable bonds is 1. The Morgan fingerprint density at radius 3 is 2.62 bits per heavy atom. The standard InChI is InChI=1S/C11H19N3O2/c1-11(2-4-12-5-3-11)10(16)14-7-6-13-9(15)8-14/h12H,2-8H2,1H3,(H,13,15). The Morgan fingerprint density at radius 2 is 2.00 bits per heavy atom. The van der Waals surface area contributed by atoms with Crippen LogP contribution in [0.1, 0.15) is 19.8 Å². The molecular weight excluding hydrogens is 206 g/mol. The minimum Gasteiger partial charge on any atom is -0.353 e. The average Bonchev–Trinajstić information content (AvgIpc) is 2.29. The average molecular weight is 225 g/mol. The second-order valence-electron chi connectivity index (χ2n) is 4.89. The van der Waals surface area contributed by atoms with Gasteiger partial charge in [0.2, 0.25) is 11.8 Å². The highest BCUT2D eigenvalue weighted by Crippen LogP contribution is 2.30. The van der Waals surface area contributed by atoms with Gasteiger partial charge in [0, 0.05) is 18.5 Å². The number of hydrogen-bond acceptors (Lipinski definition) is 3. The van der Waals surface area contributed by atoms with Crippen LogP contribution in [0.5, 0.6) is 0 Å². The van der Waals surface area contributed by atoms with Gasteiger partial charge < -0.3 is 15.5 Å². The van der Waals surface area contributed by atoms with Gasteiger partial charge in [0.05, 0.1) is 6.54 Å². The van der Waals surface area contributed by atoms with Crippen molar-refractivity contribution in [3.63, 3.8) is 0 Å². The number of carbonyl (C=O) groups excluding carboxylic acids is 2. The number of amides is 2. The fourth-order valence-electron chi connectivity index (χ4n) is 2.39. The molecule has 2 aliphatic heterocycles. The summed E-state index contributed by atoms with van der Waals surface area (Å²) in [6.45, 7) is 5.25. The van der Waals surface area contributed by atoms with Gasteiger partial charge in [0.1, 0.15) is 0 Å². The van der Waals surface area contributed by atoms with Crippen molar-refractivity contribution in [3.8, 4) is 0 Å². The van der Waals surface area contributed by atoms with Gasteiger partial charge in [-0.2, -0.15) is 0 Å². The van der Waals surface area contributed by atoms with Gasteiger partial charge in [-0.15, -0.1) is 0 Å². The predicted molar refractivity (Wildman–Crippen MR) is 59.8 cm³/mol. The van der Waals surface area contributed by atoms with Gasteiger partial charge in [-0.25, -0.2) is 0 Å². The summed E-state index contributed by atoms with van der Waals surface area (Å²) < 4.78 is 0. The van der Waals surface area contributed by atoms with Crippen LogP contribution in [-0.4, -0.2) is 49.4 Å². The Labute approximate surface area is 95.6 Å². The highest BCUT2D eigenvalue weighted by atomic mass is 16.2. The molecule has 2 fully saturated rings. The molecule has 0 saturated carbocycles. The second-order valence-corrected chi connectivity index (χ2v) is 4.89. The molecule has 16 heavy (non-hydrogen) atoms. The predicted octanol–water partition coefficient (Wildman–Crippen LogP) is -0.665. The van der Waals surface area contributed by atoms with Crippen molar-refractivity contribution >= 4 is 11.8 Å². The van der Waals surface area contributed by atoms with Crippen LogP contribution in [0.4, 0.5) is 0 Å². The molecule has 5 heteroatoms. The summed E-state index contributed by atoms with van der Waals surface area (Å²) in [5.41, 5.74) is -0.275. The van der Waals surface area contributed by atoms with E-state index in [1.807, 2.05) is 6.92 Å². The first kappa shape index (κ1) is 11.4. The third-order valence-corrected chi connectivity index (χ3v) is 3.55. The monoisotopic (exact) mass is 225 g/mol. The van der Waals surface area contributed by atoms with Gasteiger partial charge in [0.25, 0.3) is 0 Å². The largest absolute Gasteiger partial charge is 0.353 e. The molecule has 0 atom stereocenters. The molecule has 5 nitrogen and oxygen atoms in total. The number of carbonyl (C=O) groups is 2. The lowest BCUT2D eigenvalue weighted by Gasteiger charge is -2.38. The Morgan fingerprint density at radius 1 is 1.31 bits per heavy atom. The van der Waals surface area contributed by atoms with E-state index >= 15 is 0 Å². The van der Waals surface area contributed by atoms with Gasteiger partial charge in [0.15, 0.2) is 0 Å². The molecule has 0 radical (unpaired) electrons. The maximum absolute atomic E-state index is 12.3. The Kier molecular flexibility index (Phi) is 3.14. The molecule has 0 aromatic heterocycles. The molecule has 0 aliphatic carbocycles. The van der Waals surface area contributed by atoms with E-state index in [4.69, 9.17) is 0 Å². The number of nitrogens with one attached hydrogen (secondary N) is 2. The van der Waals surface area contributed by atoms with Gasteiger partial charge >= 0.3 is 0 Å². The number of hydrogen-bond donors (Lipinski definition) is 2. The minimum atomic E-state index is -0.275. The molecule has 2 N–H and O–H groups in total. The molecule has 2 amide bonds. The third kappa shape index (κ3) is 2.19. The molecule has 2 rings (SSSR count). The first-order chi connectivity index (χ1) is 7.62. The second kappa shape index (κ2) is 4.41. The summed E-state index contributed by atoms with van der Waals surface area (Å²) in [4.78, 5) is 25.3. The Bertz CT molecular complexity index is 298. The Balaban J connectivity index is 2.02. The summed E-state index contributed by atoms with van der Waals surface area (Å²) >= 11 is 0. The Hall–Kier alpha value is -1.10. The maximum atomic E-state index is 12.3. The number of piperazine rings is 1. The quantitative estimate of drug-likeness (QED) is 0.622. The summed E-state index contributed by atoms with van der Waals surface area (Å²) in [6.07, 6.45) is 1.73. The van der Waals surface area contributed by atoms with Crippen molar-refractivity contribution in [1.29, 1.82) is 0 Å². The molecule has 0 aromatic rings. The van der Waals surface area contributed by atoms with Crippen LogP contribution in [0.15, 0.2) is 0 Å². The number of nitrogens with zero attached hydrogens (tertiary/aromatic N) is 1. The lowest BCUT2D eigenvalue weighted by atomic mass is 9.79. The topological polar surface area (TPSA) is 61.4 Å². The van der Waals surface area contributed by atoms with E-state index in [-0.39, 0.29) is 23.8 Å². The van der Waals surface area contributed by atoms with Crippen molar-refractivity contribution in [2.45, 2.75) is 19.8 Å².